The van der Waals surface area contributed by atoms with Gasteiger partial charge in [-0.1, -0.05) is 43.3 Å². The van der Waals surface area contributed by atoms with Crippen molar-refractivity contribution in [1.82, 2.24) is 5.32 Å². The van der Waals surface area contributed by atoms with Gasteiger partial charge in [-0.3, -0.25) is 4.79 Å². The molecule has 0 aromatic heterocycles. The van der Waals surface area contributed by atoms with E-state index in [-0.39, 0.29) is 11.3 Å². The third-order valence-electron chi connectivity index (χ3n) is 4.82. The maximum atomic E-state index is 12.1. The molecule has 4 heteroatoms. The molecule has 0 aliphatic rings. The fraction of sp³-hybridized carbons (Fsp3) is 0.391. The number of carbonyl (C=O) groups excluding carboxylic acids is 1. The molecule has 0 fully saturated rings. The monoisotopic (exact) mass is 364 g/mol. The van der Waals surface area contributed by atoms with Crippen molar-refractivity contribution < 1.29 is 9.90 Å². The zero-order valence-electron chi connectivity index (χ0n) is 16.3. The summed E-state index contributed by atoms with van der Waals surface area (Å²) in [6, 6.07) is 17.2. The van der Waals surface area contributed by atoms with Gasteiger partial charge in [-0.05, 0) is 49.9 Å². The van der Waals surface area contributed by atoms with E-state index in [0.717, 1.165) is 24.0 Å². The molecule has 0 saturated heterocycles. The molecule has 27 heavy (non-hydrogen) atoms. The van der Waals surface area contributed by atoms with Gasteiger partial charge >= 0.3 is 0 Å². The Morgan fingerprint density at radius 1 is 1.22 bits per heavy atom. The Labute approximate surface area is 161 Å². The van der Waals surface area contributed by atoms with Crippen LogP contribution in [-0.2, 0) is 6.42 Å². The molecule has 0 spiro atoms. The number of Topliss-reactive ketones (excluding diaryl/α,β-unsaturated/α-hetero) is 1. The van der Waals surface area contributed by atoms with Crippen molar-refractivity contribution >= 4 is 5.78 Å². The van der Waals surface area contributed by atoms with E-state index in [1.165, 1.54) is 0 Å². The topological polar surface area (TPSA) is 73.1 Å². The van der Waals surface area contributed by atoms with Crippen LogP contribution in [0.4, 0.5) is 0 Å². The van der Waals surface area contributed by atoms with E-state index in [4.69, 9.17) is 0 Å². The molecule has 0 aliphatic heterocycles. The van der Waals surface area contributed by atoms with Crippen molar-refractivity contribution in [3.63, 3.8) is 0 Å². The summed E-state index contributed by atoms with van der Waals surface area (Å²) in [5.74, 6) is -0.00299. The molecule has 0 aliphatic carbocycles. The van der Waals surface area contributed by atoms with E-state index in [1.54, 1.807) is 13.0 Å². The summed E-state index contributed by atoms with van der Waals surface area (Å²) in [4.78, 5) is 12.1. The smallest absolute Gasteiger partial charge is 0.163 e. The number of β-amino-alcohol motifs (C(OH)–C–C–N with tert-alkyl or cyclic N) is 1. The van der Waals surface area contributed by atoms with Gasteiger partial charge in [-0.15, -0.1) is 0 Å². The van der Waals surface area contributed by atoms with Gasteiger partial charge in [-0.25, -0.2) is 0 Å². The van der Waals surface area contributed by atoms with E-state index < -0.39 is 6.10 Å². The second-order valence-electron chi connectivity index (χ2n) is 7.46. The lowest BCUT2D eigenvalue weighted by Crippen LogP contribution is -2.42. The minimum atomic E-state index is -0.547. The Morgan fingerprint density at radius 3 is 2.56 bits per heavy atom. The molecule has 0 amide bonds. The molecule has 142 valence electrons. The molecule has 0 heterocycles. The summed E-state index contributed by atoms with van der Waals surface area (Å²) in [7, 11) is 0. The van der Waals surface area contributed by atoms with Crippen LogP contribution in [0.2, 0.25) is 0 Å². The lowest BCUT2D eigenvalue weighted by atomic mass is 9.92. The summed E-state index contributed by atoms with van der Waals surface area (Å²) >= 11 is 0. The lowest BCUT2D eigenvalue weighted by molar-refractivity contribution is 0.0988. The Bertz CT molecular complexity index is 807. The zero-order valence-corrected chi connectivity index (χ0v) is 16.3. The molecule has 1 unspecified atom stereocenters. The summed E-state index contributed by atoms with van der Waals surface area (Å²) in [6.45, 7) is 6.49. The first-order valence-electron chi connectivity index (χ1n) is 9.40. The van der Waals surface area contributed by atoms with Gasteiger partial charge in [0, 0.05) is 24.1 Å². The van der Waals surface area contributed by atoms with Crippen LogP contribution in [0, 0.1) is 11.3 Å². The van der Waals surface area contributed by atoms with Crippen LogP contribution in [-0.4, -0.2) is 23.0 Å². The van der Waals surface area contributed by atoms with Gasteiger partial charge in [0.05, 0.1) is 17.7 Å². The van der Waals surface area contributed by atoms with Gasteiger partial charge < -0.3 is 10.4 Å². The largest absolute Gasteiger partial charge is 0.387 e. The predicted molar refractivity (Wildman–Crippen MR) is 108 cm³/mol. The first-order valence-corrected chi connectivity index (χ1v) is 9.40. The second-order valence-corrected chi connectivity index (χ2v) is 7.46. The van der Waals surface area contributed by atoms with Crippen LogP contribution in [0.15, 0.2) is 48.5 Å². The first kappa shape index (κ1) is 20.8. The van der Waals surface area contributed by atoms with E-state index >= 15 is 0 Å². The summed E-state index contributed by atoms with van der Waals surface area (Å²) in [5.41, 5.74) is 2.73. The number of nitrogens with one attached hydrogen (secondary N) is 1. The second kappa shape index (κ2) is 9.45. The Kier molecular flexibility index (Phi) is 7.29. The van der Waals surface area contributed by atoms with Crippen LogP contribution < -0.4 is 5.32 Å². The van der Waals surface area contributed by atoms with Crippen molar-refractivity contribution in [2.24, 2.45) is 0 Å². The molecular formula is C23H28N2O2. The van der Waals surface area contributed by atoms with Crippen molar-refractivity contribution in [1.29, 1.82) is 5.26 Å². The number of carbonyl (C=O) groups is 1. The average molecular weight is 364 g/mol. The quantitative estimate of drug-likeness (QED) is 0.655. The highest BCUT2D eigenvalue weighted by Gasteiger charge is 2.20. The highest BCUT2D eigenvalue weighted by Crippen LogP contribution is 2.19. The molecule has 1 atom stereocenters. The standard InChI is InChI=1S/C23H28N2O2/c1-4-21(26)20-14-17(10-11-19(20)15-24)12-13-23(2,3)25-16-22(27)18-8-6-5-7-9-18/h5-11,14,22,25,27H,4,12-13,16H2,1-3H3. The number of nitrogens with zero attached hydrogens (tertiary/aromatic N) is 1. The van der Waals surface area contributed by atoms with Crippen molar-refractivity contribution in [3.8, 4) is 6.07 Å². The fourth-order valence-electron chi connectivity index (χ4n) is 2.98. The lowest BCUT2D eigenvalue weighted by Gasteiger charge is -2.28. The molecule has 2 N–H and O–H groups in total. The minimum Gasteiger partial charge on any atom is -0.387 e. The number of benzene rings is 2. The predicted octanol–water partition coefficient (Wildman–Crippen LogP) is 4.19. The number of aliphatic hydroxyl groups is 1. The number of nitriles is 1. The van der Waals surface area contributed by atoms with E-state index in [9.17, 15) is 15.2 Å². The number of aliphatic hydroxyl groups excluding tert-OH is 1. The SMILES string of the molecule is CCC(=O)c1cc(CCC(C)(C)NCC(O)c2ccccc2)ccc1C#N. The van der Waals surface area contributed by atoms with Gasteiger partial charge in [0.25, 0.3) is 0 Å². The number of hydrogen-bond acceptors (Lipinski definition) is 4. The Balaban J connectivity index is 1.96. The Hall–Kier alpha value is -2.48. The van der Waals surface area contributed by atoms with Crippen LogP contribution in [0.1, 0.15) is 66.8 Å². The van der Waals surface area contributed by atoms with Crippen LogP contribution in [0.25, 0.3) is 0 Å². The number of aryl methyl sites for hydroxylation is 1. The molecule has 2 rings (SSSR count). The highest BCUT2D eigenvalue weighted by atomic mass is 16.3. The van der Waals surface area contributed by atoms with Gasteiger partial charge in [0.15, 0.2) is 5.78 Å². The minimum absolute atomic E-state index is 0.00299. The third kappa shape index (κ3) is 6.02. The maximum absolute atomic E-state index is 12.1. The molecule has 0 saturated carbocycles. The van der Waals surface area contributed by atoms with Crippen LogP contribution in [0.3, 0.4) is 0 Å². The molecule has 0 radical (unpaired) electrons. The van der Waals surface area contributed by atoms with Crippen LogP contribution in [0.5, 0.6) is 0 Å². The maximum Gasteiger partial charge on any atom is 0.163 e. The average Bonchev–Trinajstić information content (AvgIpc) is 2.70. The zero-order chi connectivity index (χ0) is 19.9. The summed E-state index contributed by atoms with van der Waals surface area (Å²) < 4.78 is 0. The van der Waals surface area contributed by atoms with Crippen molar-refractivity contribution in [2.75, 3.05) is 6.54 Å². The molecular weight excluding hydrogens is 336 g/mol. The van der Waals surface area contributed by atoms with E-state index in [2.05, 4.69) is 25.2 Å². The van der Waals surface area contributed by atoms with Crippen LogP contribution >= 0.6 is 0 Å². The summed E-state index contributed by atoms with van der Waals surface area (Å²) in [5, 5.41) is 22.9. The number of rotatable bonds is 9. The number of ketones is 1. The fourth-order valence-corrected chi connectivity index (χ4v) is 2.98. The Morgan fingerprint density at radius 2 is 1.93 bits per heavy atom. The van der Waals surface area contributed by atoms with Gasteiger partial charge in [0.2, 0.25) is 0 Å². The van der Waals surface area contributed by atoms with Gasteiger partial charge in [-0.2, -0.15) is 5.26 Å². The molecule has 2 aromatic rings. The van der Waals surface area contributed by atoms with Crippen molar-refractivity contribution in [3.05, 3.63) is 70.8 Å². The molecule has 0 bridgehead atoms. The molecule has 2 aromatic carbocycles. The number of hydrogen-bond donors (Lipinski definition) is 2. The highest BCUT2D eigenvalue weighted by molar-refractivity contribution is 5.98. The van der Waals surface area contributed by atoms with Gasteiger partial charge in [0.1, 0.15) is 0 Å². The van der Waals surface area contributed by atoms with E-state index in [1.807, 2.05) is 42.5 Å². The van der Waals surface area contributed by atoms with Crippen molar-refractivity contribution in [2.45, 2.75) is 51.7 Å². The third-order valence-corrected chi connectivity index (χ3v) is 4.82. The normalized spacial score (nSPS) is 12.4. The van der Waals surface area contributed by atoms with E-state index in [0.29, 0.717) is 24.1 Å². The molecule has 4 nitrogen and oxygen atoms in total. The summed E-state index contributed by atoms with van der Waals surface area (Å²) in [6.07, 6.45) is 1.48. The first-order chi connectivity index (χ1) is 12.9.